The normalized spacial score (nSPS) is 11.6. The van der Waals surface area contributed by atoms with Crippen LogP contribution in [-0.4, -0.2) is 11.9 Å². The van der Waals surface area contributed by atoms with Crippen molar-refractivity contribution in [1.29, 1.82) is 0 Å². The molecule has 0 N–H and O–H groups in total. The first kappa shape index (κ1) is 52.1. The molecule has 0 saturated heterocycles. The predicted octanol–water partition coefficient (Wildman–Crippen LogP) is 11.7. The summed E-state index contributed by atoms with van der Waals surface area (Å²) in [6.07, 6.45) is -7.22. The van der Waals surface area contributed by atoms with Crippen LogP contribution in [0.15, 0.2) is 109 Å². The summed E-state index contributed by atoms with van der Waals surface area (Å²) in [5.74, 6) is -71.3. The highest BCUT2D eigenvalue weighted by Gasteiger charge is 2.52. The number of halogens is 20. The summed E-state index contributed by atoms with van der Waals surface area (Å²) in [4.78, 5) is 13.1. The molecular formula is C51H20BF20NO. The maximum atomic E-state index is 15.4. The van der Waals surface area contributed by atoms with Crippen molar-refractivity contribution in [2.24, 2.45) is 0 Å². The molecule has 0 unspecified atom stereocenters. The average Bonchev–Trinajstić information content (AvgIpc) is 3.41. The lowest BCUT2D eigenvalue weighted by atomic mass is 9.12. The van der Waals surface area contributed by atoms with Crippen LogP contribution < -0.4 is 26.4 Å². The second kappa shape index (κ2) is 19.6. The van der Waals surface area contributed by atoms with E-state index in [9.17, 15) is 57.5 Å². The Kier molecular flexibility index (Phi) is 13.8. The summed E-state index contributed by atoms with van der Waals surface area (Å²) in [7, 11) is 0. The Labute approximate surface area is 400 Å². The fourth-order valence-electron chi connectivity index (χ4n) is 8.85. The number of rotatable bonds is 8. The van der Waals surface area contributed by atoms with E-state index < -0.39 is 144 Å². The van der Waals surface area contributed by atoms with E-state index in [4.69, 9.17) is 0 Å². The van der Waals surface area contributed by atoms with Gasteiger partial charge < -0.3 is 0 Å². The number of pyridine rings is 1. The summed E-state index contributed by atoms with van der Waals surface area (Å²) >= 11 is 0. The molecule has 0 aliphatic carbocycles. The third kappa shape index (κ3) is 8.04. The van der Waals surface area contributed by atoms with Gasteiger partial charge in [-0.25, -0.2) is 87.8 Å². The van der Waals surface area contributed by atoms with Gasteiger partial charge in [-0.1, -0.05) is 78.9 Å². The van der Waals surface area contributed by atoms with Gasteiger partial charge in [0.25, 0.3) is 0 Å². The molecule has 0 radical (unpaired) electrons. The number of nitrogens with zero attached hydrogens (tertiary/aromatic N) is 1. The molecule has 0 saturated carbocycles. The topological polar surface area (TPSA) is 20.9 Å². The van der Waals surface area contributed by atoms with E-state index in [0.29, 0.717) is 6.54 Å². The maximum Gasteiger partial charge on any atom is 0.227 e. The molecular weight excluding hydrogens is 1030 g/mol. The Balaban J connectivity index is 0.000000215. The fraction of sp³-hybridized carbons (Fsp3) is 0.0196. The van der Waals surface area contributed by atoms with Crippen molar-refractivity contribution in [3.8, 4) is 11.3 Å². The highest BCUT2D eigenvalue weighted by molar-refractivity contribution is 7.20. The van der Waals surface area contributed by atoms with E-state index in [1.807, 2.05) is 42.5 Å². The number of fused-ring (bicyclic) bond motifs is 2. The van der Waals surface area contributed by atoms with Gasteiger partial charge in [0.1, 0.15) is 52.7 Å². The number of hydrogen-bond donors (Lipinski definition) is 0. The van der Waals surface area contributed by atoms with Crippen molar-refractivity contribution in [2.75, 3.05) is 0 Å². The number of aromatic nitrogens is 1. The zero-order chi connectivity index (χ0) is 54.0. The predicted molar refractivity (Wildman–Crippen MR) is 227 cm³/mol. The molecule has 0 bridgehead atoms. The summed E-state index contributed by atoms with van der Waals surface area (Å²) < 4.78 is 296. The van der Waals surface area contributed by atoms with Gasteiger partial charge in [0.05, 0.1) is 5.56 Å². The van der Waals surface area contributed by atoms with Crippen LogP contribution in [0.3, 0.4) is 0 Å². The molecule has 0 fully saturated rings. The quantitative estimate of drug-likeness (QED) is 0.0371. The zero-order valence-electron chi connectivity index (χ0n) is 36.1. The number of hydrogen-bond acceptors (Lipinski definition) is 1. The van der Waals surface area contributed by atoms with Crippen molar-refractivity contribution in [1.82, 2.24) is 0 Å². The zero-order valence-corrected chi connectivity index (χ0v) is 36.1. The molecule has 0 aliphatic heterocycles. The van der Waals surface area contributed by atoms with Crippen molar-refractivity contribution >= 4 is 55.5 Å². The second-order valence-corrected chi connectivity index (χ2v) is 16.0. The highest BCUT2D eigenvalue weighted by Crippen LogP contribution is 2.32. The molecule has 2 nitrogen and oxygen atoms in total. The molecule has 0 amide bonds. The van der Waals surface area contributed by atoms with E-state index in [1.54, 1.807) is 0 Å². The summed E-state index contributed by atoms with van der Waals surface area (Å²) in [5, 5.41) is 3.50. The standard InChI is InChI=1S/C27H20NO.C24BF20/c29-27(22-11-2-1-3-12-22)19-28-25-16-7-5-10-21(25)17-18-26(28)24-15-8-13-20-9-4-6-14-23(20)24;26-5-1(6(27)14(35)21(42)13(5)34)25(2-7(28)15(36)22(43)16(37)8(2)29,3-9(30)17(38)23(44)18(39)10(3)31)4-11(32)19(40)24(45)20(41)12(4)33/h1-18H,19H2;/q+1;-1. The van der Waals surface area contributed by atoms with Crippen LogP contribution in [-0.2, 0) is 6.54 Å². The lowest BCUT2D eigenvalue weighted by Crippen LogP contribution is -2.81. The number of carbonyl (C=O) groups excluding carboxylic acids is 1. The Morgan fingerprint density at radius 3 is 1.05 bits per heavy atom. The summed E-state index contributed by atoms with van der Waals surface area (Å²) in [6.45, 7) is 0.296. The van der Waals surface area contributed by atoms with Crippen LogP contribution in [0.5, 0.6) is 0 Å². The molecule has 74 heavy (non-hydrogen) atoms. The number of para-hydroxylation sites is 1. The highest BCUT2D eigenvalue weighted by atomic mass is 19.2. The van der Waals surface area contributed by atoms with Gasteiger partial charge in [-0.2, -0.15) is 4.57 Å². The van der Waals surface area contributed by atoms with Crippen LogP contribution in [0.2, 0.25) is 0 Å². The van der Waals surface area contributed by atoms with Gasteiger partial charge in [0.2, 0.25) is 23.5 Å². The third-order valence-corrected chi connectivity index (χ3v) is 12.1. The first-order valence-corrected chi connectivity index (χ1v) is 20.7. The van der Waals surface area contributed by atoms with Crippen LogP contribution in [0.1, 0.15) is 10.4 Å². The molecule has 9 rings (SSSR count). The van der Waals surface area contributed by atoms with E-state index in [2.05, 4.69) is 71.3 Å². The minimum Gasteiger partial charge on any atom is -0.287 e. The smallest absolute Gasteiger partial charge is 0.227 e. The van der Waals surface area contributed by atoms with Crippen molar-refractivity contribution in [2.45, 2.75) is 6.54 Å². The molecule has 378 valence electrons. The van der Waals surface area contributed by atoms with E-state index >= 15 is 35.1 Å². The van der Waals surface area contributed by atoms with E-state index in [1.165, 1.54) is 10.8 Å². The van der Waals surface area contributed by atoms with Gasteiger partial charge in [0.15, 0.2) is 69.8 Å². The Bertz CT molecular complexity index is 3410. The molecule has 0 spiro atoms. The molecule has 8 aromatic carbocycles. The molecule has 0 aliphatic rings. The van der Waals surface area contributed by atoms with Gasteiger partial charge in [-0.05, 0) is 29.0 Å². The van der Waals surface area contributed by atoms with Crippen molar-refractivity contribution < 1.29 is 97.2 Å². The number of carbonyl (C=O) groups is 1. The Morgan fingerprint density at radius 1 is 0.324 bits per heavy atom. The first-order valence-electron chi connectivity index (χ1n) is 20.7. The molecule has 9 aromatic rings. The maximum absolute atomic E-state index is 15.4. The minimum atomic E-state index is -7.22. The summed E-state index contributed by atoms with van der Waals surface area (Å²) in [5.41, 5.74) is -10.4. The SMILES string of the molecule is Fc1c(F)c(F)c([B-](c2c(F)c(F)c(F)c(F)c2F)(c2c(F)c(F)c(F)c(F)c2F)c2c(F)c(F)c(F)c(F)c2F)c(F)c1F.O=C(C[n+]1c(-c2cccc3ccccc23)ccc2ccccc21)c1ccccc1. The minimum absolute atomic E-state index is 0.105. The fourth-order valence-corrected chi connectivity index (χ4v) is 8.85. The summed E-state index contributed by atoms with van der Waals surface area (Å²) in [6, 6.07) is 36.7. The first-order chi connectivity index (χ1) is 35.0. The van der Waals surface area contributed by atoms with E-state index in [0.717, 1.165) is 27.7 Å². The third-order valence-electron chi connectivity index (χ3n) is 12.1. The average molecular weight is 1050 g/mol. The van der Waals surface area contributed by atoms with Crippen LogP contribution >= 0.6 is 0 Å². The molecule has 23 heteroatoms. The number of ketones is 1. The van der Waals surface area contributed by atoms with Gasteiger partial charge >= 0.3 is 0 Å². The largest absolute Gasteiger partial charge is 0.287 e. The number of Topliss-reactive ketones (excluding diaryl/α,β-unsaturated/α-hetero) is 1. The number of benzene rings is 8. The molecule has 1 heterocycles. The van der Waals surface area contributed by atoms with Gasteiger partial charge in [-0.15, -0.1) is 21.9 Å². The second-order valence-electron chi connectivity index (χ2n) is 16.0. The van der Waals surface area contributed by atoms with Crippen molar-refractivity contribution in [3.63, 3.8) is 0 Å². The Hall–Kier alpha value is -8.24. The van der Waals surface area contributed by atoms with Crippen molar-refractivity contribution in [3.05, 3.63) is 231 Å². The lowest BCUT2D eigenvalue weighted by Gasteiger charge is -2.44. The van der Waals surface area contributed by atoms with Crippen LogP contribution in [0, 0.1) is 116 Å². The lowest BCUT2D eigenvalue weighted by molar-refractivity contribution is -0.645. The molecule has 0 atom stereocenters. The van der Waals surface area contributed by atoms with Crippen LogP contribution in [0.25, 0.3) is 32.9 Å². The van der Waals surface area contributed by atoms with Gasteiger partial charge in [-0.3, -0.25) is 4.79 Å². The monoisotopic (exact) mass is 1050 g/mol. The molecule has 1 aromatic heterocycles. The van der Waals surface area contributed by atoms with Gasteiger partial charge in [0, 0.05) is 23.1 Å². The van der Waals surface area contributed by atoms with Crippen LogP contribution in [0.4, 0.5) is 87.8 Å². The Morgan fingerprint density at radius 2 is 0.649 bits per heavy atom. The van der Waals surface area contributed by atoms with E-state index in [-0.39, 0.29) is 5.78 Å².